The van der Waals surface area contributed by atoms with Crippen molar-refractivity contribution in [2.45, 2.75) is 26.2 Å². The molecule has 0 aliphatic carbocycles. The van der Waals surface area contributed by atoms with Crippen molar-refractivity contribution in [1.82, 2.24) is 20.1 Å². The minimum absolute atomic E-state index is 0.156. The summed E-state index contributed by atoms with van der Waals surface area (Å²) in [6, 6.07) is 9.49. The van der Waals surface area contributed by atoms with Crippen LogP contribution in [0.15, 0.2) is 47.2 Å². The molecule has 0 saturated heterocycles. The van der Waals surface area contributed by atoms with Crippen LogP contribution in [0.2, 0.25) is 0 Å². The monoisotopic (exact) mass is 449 g/mol. The van der Waals surface area contributed by atoms with Gasteiger partial charge in [0, 0.05) is 42.1 Å². The number of thiazole rings is 1. The summed E-state index contributed by atoms with van der Waals surface area (Å²) in [5.74, 6) is 2.25. The molecule has 0 radical (unpaired) electrons. The fourth-order valence-corrected chi connectivity index (χ4v) is 4.27. The topological polar surface area (TPSA) is 112 Å². The van der Waals surface area contributed by atoms with Crippen molar-refractivity contribution in [2.75, 3.05) is 12.1 Å². The summed E-state index contributed by atoms with van der Waals surface area (Å²) in [5.41, 5.74) is 2.80. The number of aryl methyl sites for hydroxylation is 2. The standard InChI is InChI=1S/C22H19N5O4S/c1-13-18(11-14-2-3-16-17(10-14)30-12-29-16)32-22(24-13)25-19(28)4-5-20-26-21(27-31-20)15-6-8-23-9-7-15/h2-3,6-10H,4-5,11-12H2,1H3,(H,24,25,28). The van der Waals surface area contributed by atoms with Gasteiger partial charge in [-0.15, -0.1) is 11.3 Å². The van der Waals surface area contributed by atoms with Crippen molar-refractivity contribution in [3.63, 3.8) is 0 Å². The Morgan fingerprint density at radius 1 is 1.12 bits per heavy atom. The minimum atomic E-state index is -0.156. The molecular formula is C22H19N5O4S. The number of carbonyl (C=O) groups excluding carboxylic acids is 1. The number of aromatic nitrogens is 4. The van der Waals surface area contributed by atoms with Gasteiger partial charge in [-0.25, -0.2) is 4.98 Å². The number of pyridine rings is 1. The quantitative estimate of drug-likeness (QED) is 0.454. The molecule has 0 atom stereocenters. The van der Waals surface area contributed by atoms with Crippen LogP contribution in [0.5, 0.6) is 11.5 Å². The first-order valence-corrected chi connectivity index (χ1v) is 10.8. The number of hydrogen-bond acceptors (Lipinski definition) is 9. The Morgan fingerprint density at radius 2 is 1.97 bits per heavy atom. The number of nitrogens with zero attached hydrogens (tertiary/aromatic N) is 4. The lowest BCUT2D eigenvalue weighted by Gasteiger charge is -2.02. The molecular weight excluding hydrogens is 430 g/mol. The highest BCUT2D eigenvalue weighted by Gasteiger charge is 2.16. The van der Waals surface area contributed by atoms with Gasteiger partial charge >= 0.3 is 0 Å². The molecule has 10 heteroatoms. The summed E-state index contributed by atoms with van der Waals surface area (Å²) in [6.45, 7) is 2.19. The number of anilines is 1. The van der Waals surface area contributed by atoms with Gasteiger partial charge in [-0.2, -0.15) is 4.98 Å². The molecule has 0 fully saturated rings. The van der Waals surface area contributed by atoms with Crippen LogP contribution in [0.25, 0.3) is 11.4 Å². The highest BCUT2D eigenvalue weighted by molar-refractivity contribution is 7.15. The Hall–Kier alpha value is -3.79. The molecule has 32 heavy (non-hydrogen) atoms. The van der Waals surface area contributed by atoms with Gasteiger partial charge in [-0.05, 0) is 36.8 Å². The maximum absolute atomic E-state index is 12.4. The largest absolute Gasteiger partial charge is 0.454 e. The molecule has 1 N–H and O–H groups in total. The van der Waals surface area contributed by atoms with Gasteiger partial charge in [-0.1, -0.05) is 11.2 Å². The fourth-order valence-electron chi connectivity index (χ4n) is 3.26. The molecule has 1 aliphatic rings. The number of benzene rings is 1. The van der Waals surface area contributed by atoms with Crippen molar-refractivity contribution >= 4 is 22.4 Å². The first-order valence-electron chi connectivity index (χ1n) is 10.0. The third-order valence-corrected chi connectivity index (χ3v) is 5.99. The molecule has 4 heterocycles. The maximum Gasteiger partial charge on any atom is 0.231 e. The summed E-state index contributed by atoms with van der Waals surface area (Å²) in [5, 5.41) is 7.39. The number of rotatable bonds is 7. The lowest BCUT2D eigenvalue weighted by molar-refractivity contribution is -0.116. The smallest absolute Gasteiger partial charge is 0.231 e. The Labute approximate surface area is 187 Å². The first kappa shape index (κ1) is 20.1. The molecule has 4 aromatic rings. The normalized spacial score (nSPS) is 12.2. The molecule has 1 amide bonds. The van der Waals surface area contributed by atoms with Gasteiger partial charge in [0.15, 0.2) is 16.6 Å². The summed E-state index contributed by atoms with van der Waals surface area (Å²) >= 11 is 1.47. The predicted octanol–water partition coefficient (Wildman–Crippen LogP) is 3.79. The predicted molar refractivity (Wildman–Crippen MR) is 117 cm³/mol. The molecule has 0 unspecified atom stereocenters. The molecule has 0 spiro atoms. The van der Waals surface area contributed by atoms with Crippen molar-refractivity contribution < 1.29 is 18.8 Å². The lowest BCUT2D eigenvalue weighted by atomic mass is 10.1. The third-order valence-electron chi connectivity index (χ3n) is 4.91. The average Bonchev–Trinajstić information content (AvgIpc) is 3.53. The zero-order valence-electron chi connectivity index (χ0n) is 17.2. The van der Waals surface area contributed by atoms with Crippen LogP contribution < -0.4 is 14.8 Å². The van der Waals surface area contributed by atoms with Crippen molar-refractivity contribution in [2.24, 2.45) is 0 Å². The zero-order chi connectivity index (χ0) is 21.9. The molecule has 1 aromatic carbocycles. The summed E-state index contributed by atoms with van der Waals surface area (Å²) < 4.78 is 16.0. The van der Waals surface area contributed by atoms with Crippen LogP contribution in [-0.2, 0) is 17.6 Å². The molecule has 0 saturated carbocycles. The van der Waals surface area contributed by atoms with Crippen LogP contribution >= 0.6 is 11.3 Å². The minimum Gasteiger partial charge on any atom is -0.454 e. The van der Waals surface area contributed by atoms with Crippen LogP contribution in [0.1, 0.15) is 28.4 Å². The van der Waals surface area contributed by atoms with Crippen LogP contribution in [0.4, 0.5) is 5.13 Å². The van der Waals surface area contributed by atoms with Crippen molar-refractivity contribution in [3.8, 4) is 22.9 Å². The number of amides is 1. The van der Waals surface area contributed by atoms with Gasteiger partial charge < -0.3 is 19.3 Å². The molecule has 162 valence electrons. The second-order valence-corrected chi connectivity index (χ2v) is 8.27. The van der Waals surface area contributed by atoms with E-state index < -0.39 is 0 Å². The van der Waals surface area contributed by atoms with E-state index in [9.17, 15) is 4.79 Å². The van der Waals surface area contributed by atoms with Gasteiger partial charge in [0.2, 0.25) is 24.4 Å². The Kier molecular flexibility index (Phi) is 5.51. The van der Waals surface area contributed by atoms with E-state index >= 15 is 0 Å². The second-order valence-electron chi connectivity index (χ2n) is 7.19. The molecule has 1 aliphatic heterocycles. The molecule has 9 nitrogen and oxygen atoms in total. The van der Waals surface area contributed by atoms with E-state index in [0.717, 1.165) is 33.2 Å². The van der Waals surface area contributed by atoms with Crippen molar-refractivity contribution in [1.29, 1.82) is 0 Å². The lowest BCUT2D eigenvalue weighted by Crippen LogP contribution is -2.12. The van der Waals surface area contributed by atoms with E-state index in [1.54, 1.807) is 24.5 Å². The van der Waals surface area contributed by atoms with E-state index in [-0.39, 0.29) is 19.1 Å². The average molecular weight is 449 g/mol. The van der Waals surface area contributed by atoms with Gasteiger partial charge in [0.25, 0.3) is 0 Å². The van der Waals surface area contributed by atoms with E-state index in [1.165, 1.54) is 11.3 Å². The summed E-state index contributed by atoms with van der Waals surface area (Å²) in [6.07, 6.45) is 4.59. The number of fused-ring (bicyclic) bond motifs is 1. The highest BCUT2D eigenvalue weighted by atomic mass is 32.1. The summed E-state index contributed by atoms with van der Waals surface area (Å²) in [4.78, 5) is 26.3. The third kappa shape index (κ3) is 4.45. The second kappa shape index (κ2) is 8.75. The van der Waals surface area contributed by atoms with E-state index in [1.807, 2.05) is 25.1 Å². The highest BCUT2D eigenvalue weighted by Crippen LogP contribution is 2.34. The number of ether oxygens (including phenoxy) is 2. The van der Waals surface area contributed by atoms with Gasteiger partial charge in [0.05, 0.1) is 5.69 Å². The zero-order valence-corrected chi connectivity index (χ0v) is 18.0. The van der Waals surface area contributed by atoms with Crippen LogP contribution in [0.3, 0.4) is 0 Å². The molecule has 5 rings (SSSR count). The van der Waals surface area contributed by atoms with Crippen LogP contribution in [0, 0.1) is 6.92 Å². The SMILES string of the molecule is Cc1nc(NC(=O)CCc2nc(-c3ccncc3)no2)sc1Cc1ccc2c(c1)OCO2. The van der Waals surface area contributed by atoms with E-state index in [4.69, 9.17) is 14.0 Å². The van der Waals surface area contributed by atoms with Crippen LogP contribution in [-0.4, -0.2) is 32.8 Å². The molecule has 0 bridgehead atoms. The van der Waals surface area contributed by atoms with E-state index in [2.05, 4.69) is 25.4 Å². The summed E-state index contributed by atoms with van der Waals surface area (Å²) in [7, 11) is 0. The Bertz CT molecular complexity index is 1250. The maximum atomic E-state index is 12.4. The van der Waals surface area contributed by atoms with Gasteiger partial charge in [-0.3, -0.25) is 9.78 Å². The Balaban J connectivity index is 1.17. The van der Waals surface area contributed by atoms with Gasteiger partial charge in [0.1, 0.15) is 0 Å². The van der Waals surface area contributed by atoms with E-state index in [0.29, 0.717) is 29.7 Å². The number of nitrogens with one attached hydrogen (secondary N) is 1. The number of hydrogen-bond donors (Lipinski definition) is 1. The van der Waals surface area contributed by atoms with Crippen molar-refractivity contribution in [3.05, 3.63) is 64.8 Å². The fraction of sp³-hybridized carbons (Fsp3) is 0.227. The first-order chi connectivity index (χ1) is 15.6. The number of carbonyl (C=O) groups is 1. The Morgan fingerprint density at radius 3 is 2.84 bits per heavy atom. The molecule has 3 aromatic heterocycles.